The van der Waals surface area contributed by atoms with Crippen molar-refractivity contribution in [3.8, 4) is 5.75 Å². The predicted molar refractivity (Wildman–Crippen MR) is 151 cm³/mol. The Morgan fingerprint density at radius 1 is 0.857 bits per heavy atom. The third-order valence-electron chi connectivity index (χ3n) is 7.43. The van der Waals surface area contributed by atoms with Gasteiger partial charge in [-0.25, -0.2) is 0 Å². The Kier molecular flexibility index (Phi) is 10.9. The standard InChI is InChI=1S/C29H41N5O8/c1-15(2)12-19-25(38)30-20(13-17-7-9-18(35)10-8-17)26(39)32-21(14-23(36)37)29(42)34-11-5-6-22(34)27(40)33-24(16(3)4)28(41)31-19/h7-10,15-16,19-22,24,35H,5-6,11-14H2,1-4H3,(H,30,38)(H,31,41)(H,32,39)(H,33,40)(H,36,37)/t19-,20+,21+,22-,24+/m0/s1. The van der Waals surface area contributed by atoms with Crippen LogP contribution >= 0.6 is 0 Å². The van der Waals surface area contributed by atoms with Gasteiger partial charge in [0.1, 0.15) is 36.0 Å². The van der Waals surface area contributed by atoms with E-state index in [0.717, 1.165) is 0 Å². The monoisotopic (exact) mass is 587 g/mol. The van der Waals surface area contributed by atoms with Crippen LogP contribution in [0.4, 0.5) is 0 Å². The van der Waals surface area contributed by atoms with Gasteiger partial charge in [-0.05, 0) is 48.8 Å². The number of fused-ring (bicyclic) bond motifs is 1. The molecule has 230 valence electrons. The van der Waals surface area contributed by atoms with E-state index in [-0.39, 0.29) is 37.0 Å². The Morgan fingerprint density at radius 3 is 2.05 bits per heavy atom. The number of hydrogen-bond acceptors (Lipinski definition) is 7. The molecule has 13 heteroatoms. The second-order valence-electron chi connectivity index (χ2n) is 11.7. The zero-order valence-corrected chi connectivity index (χ0v) is 24.4. The average Bonchev–Trinajstić information content (AvgIpc) is 3.40. The number of aliphatic carboxylic acids is 1. The molecule has 0 spiro atoms. The van der Waals surface area contributed by atoms with Crippen LogP contribution in [0, 0.1) is 11.8 Å². The number of carboxylic acid groups (broad SMARTS) is 1. The minimum atomic E-state index is -1.50. The number of carboxylic acids is 1. The molecule has 6 N–H and O–H groups in total. The number of phenolic OH excluding ortho intramolecular Hbond substituents is 1. The summed E-state index contributed by atoms with van der Waals surface area (Å²) in [5.41, 5.74) is 0.575. The average molecular weight is 588 g/mol. The Balaban J connectivity index is 2.06. The highest BCUT2D eigenvalue weighted by molar-refractivity contribution is 5.99. The number of carbonyl (C=O) groups is 6. The van der Waals surface area contributed by atoms with Crippen LogP contribution in [0.1, 0.15) is 58.9 Å². The second kappa shape index (κ2) is 14.1. The van der Waals surface area contributed by atoms with Gasteiger partial charge in [0.25, 0.3) is 0 Å². The molecule has 5 amide bonds. The first-order chi connectivity index (χ1) is 19.8. The Labute approximate surface area is 244 Å². The fourth-order valence-electron chi connectivity index (χ4n) is 5.25. The topological polar surface area (TPSA) is 194 Å². The van der Waals surface area contributed by atoms with Crippen LogP contribution < -0.4 is 21.3 Å². The molecule has 3 rings (SSSR count). The van der Waals surface area contributed by atoms with E-state index in [0.29, 0.717) is 18.4 Å². The molecule has 2 aliphatic rings. The smallest absolute Gasteiger partial charge is 0.305 e. The van der Waals surface area contributed by atoms with Gasteiger partial charge in [-0.1, -0.05) is 39.8 Å². The fourth-order valence-corrected chi connectivity index (χ4v) is 5.25. The van der Waals surface area contributed by atoms with E-state index in [1.54, 1.807) is 26.0 Å². The molecule has 0 radical (unpaired) electrons. The van der Waals surface area contributed by atoms with Crippen molar-refractivity contribution in [2.24, 2.45) is 11.8 Å². The van der Waals surface area contributed by atoms with Crippen LogP contribution in [0.2, 0.25) is 0 Å². The van der Waals surface area contributed by atoms with Crippen molar-refractivity contribution < 1.29 is 39.0 Å². The first kappa shape index (κ1) is 32.4. The first-order valence-corrected chi connectivity index (χ1v) is 14.3. The van der Waals surface area contributed by atoms with E-state index in [1.165, 1.54) is 17.0 Å². The number of nitrogens with one attached hydrogen (secondary N) is 4. The minimum absolute atomic E-state index is 0.00386. The molecular formula is C29H41N5O8. The van der Waals surface area contributed by atoms with Crippen LogP contribution in [-0.2, 0) is 35.2 Å². The van der Waals surface area contributed by atoms with Crippen LogP contribution in [0.25, 0.3) is 0 Å². The number of aromatic hydroxyl groups is 1. The lowest BCUT2D eigenvalue weighted by atomic mass is 9.98. The highest BCUT2D eigenvalue weighted by atomic mass is 16.4. The molecule has 2 aliphatic heterocycles. The van der Waals surface area contributed by atoms with Crippen molar-refractivity contribution in [1.29, 1.82) is 0 Å². The SMILES string of the molecule is CC(C)C[C@@H]1NC(=O)[C@@H](C(C)C)NC(=O)[C@@H]2CCCN2C(=O)[C@@H](CC(=O)O)NC(=O)[C@@H](Cc2ccc(O)cc2)NC1=O. The number of benzene rings is 1. The first-order valence-electron chi connectivity index (χ1n) is 14.3. The summed E-state index contributed by atoms with van der Waals surface area (Å²) in [5, 5.41) is 29.8. The number of amides is 5. The molecule has 0 aliphatic carbocycles. The molecule has 0 unspecified atom stereocenters. The number of rotatable bonds is 7. The van der Waals surface area contributed by atoms with Crippen LogP contribution in [0.15, 0.2) is 24.3 Å². The van der Waals surface area contributed by atoms with Gasteiger partial charge in [-0.2, -0.15) is 0 Å². The molecule has 0 saturated carbocycles. The van der Waals surface area contributed by atoms with Gasteiger partial charge >= 0.3 is 5.97 Å². The lowest BCUT2D eigenvalue weighted by Gasteiger charge is -2.30. The summed E-state index contributed by atoms with van der Waals surface area (Å²) in [6.45, 7) is 7.40. The molecule has 0 bridgehead atoms. The maximum atomic E-state index is 13.6. The summed E-state index contributed by atoms with van der Waals surface area (Å²) < 4.78 is 0. The van der Waals surface area contributed by atoms with Crippen molar-refractivity contribution in [3.05, 3.63) is 29.8 Å². The minimum Gasteiger partial charge on any atom is -0.508 e. The number of nitrogens with zero attached hydrogens (tertiary/aromatic N) is 1. The van der Waals surface area contributed by atoms with Crippen molar-refractivity contribution in [2.75, 3.05) is 6.54 Å². The van der Waals surface area contributed by atoms with Crippen molar-refractivity contribution in [1.82, 2.24) is 26.2 Å². The van der Waals surface area contributed by atoms with E-state index < -0.39 is 72.1 Å². The summed E-state index contributed by atoms with van der Waals surface area (Å²) in [6, 6.07) is 0.211. The third-order valence-corrected chi connectivity index (χ3v) is 7.43. The molecule has 5 atom stereocenters. The van der Waals surface area contributed by atoms with Gasteiger partial charge in [0, 0.05) is 13.0 Å². The molecule has 42 heavy (non-hydrogen) atoms. The number of carbonyl (C=O) groups excluding carboxylic acids is 5. The Morgan fingerprint density at radius 2 is 1.45 bits per heavy atom. The molecule has 2 heterocycles. The molecule has 13 nitrogen and oxygen atoms in total. The highest BCUT2D eigenvalue weighted by Crippen LogP contribution is 2.21. The summed E-state index contributed by atoms with van der Waals surface area (Å²) in [5.74, 6) is -5.05. The maximum absolute atomic E-state index is 13.6. The highest BCUT2D eigenvalue weighted by Gasteiger charge is 2.41. The van der Waals surface area contributed by atoms with E-state index in [2.05, 4.69) is 21.3 Å². The molecule has 2 saturated heterocycles. The van der Waals surface area contributed by atoms with Crippen molar-refractivity contribution in [2.45, 2.75) is 90.0 Å². The van der Waals surface area contributed by atoms with Gasteiger partial charge in [0.15, 0.2) is 0 Å². The number of phenols is 1. The predicted octanol–water partition coefficient (Wildman–Crippen LogP) is 0.0553. The van der Waals surface area contributed by atoms with E-state index in [9.17, 15) is 39.0 Å². The zero-order valence-electron chi connectivity index (χ0n) is 24.4. The second-order valence-corrected chi connectivity index (χ2v) is 11.7. The quantitative estimate of drug-likeness (QED) is 0.258. The largest absolute Gasteiger partial charge is 0.508 e. The molecular weight excluding hydrogens is 546 g/mol. The lowest BCUT2D eigenvalue weighted by molar-refractivity contribution is -0.146. The molecule has 0 aromatic heterocycles. The lowest BCUT2D eigenvalue weighted by Crippen LogP contribution is -2.59. The summed E-state index contributed by atoms with van der Waals surface area (Å²) in [4.78, 5) is 80.5. The van der Waals surface area contributed by atoms with E-state index in [4.69, 9.17) is 0 Å². The third kappa shape index (κ3) is 8.43. The van der Waals surface area contributed by atoms with Crippen LogP contribution in [-0.4, -0.2) is 87.4 Å². The summed E-state index contributed by atoms with van der Waals surface area (Å²) >= 11 is 0. The van der Waals surface area contributed by atoms with Gasteiger partial charge in [-0.15, -0.1) is 0 Å². The summed E-state index contributed by atoms with van der Waals surface area (Å²) in [7, 11) is 0. The van der Waals surface area contributed by atoms with Crippen LogP contribution in [0.5, 0.6) is 5.75 Å². The van der Waals surface area contributed by atoms with Gasteiger partial charge in [0.05, 0.1) is 6.42 Å². The van der Waals surface area contributed by atoms with Crippen molar-refractivity contribution in [3.63, 3.8) is 0 Å². The van der Waals surface area contributed by atoms with Crippen molar-refractivity contribution >= 4 is 35.5 Å². The van der Waals surface area contributed by atoms with Crippen LogP contribution in [0.3, 0.4) is 0 Å². The maximum Gasteiger partial charge on any atom is 0.305 e. The fraction of sp³-hybridized carbons (Fsp3) is 0.586. The molecule has 1 aromatic rings. The van der Waals surface area contributed by atoms with E-state index in [1.807, 2.05) is 13.8 Å². The molecule has 2 fully saturated rings. The zero-order chi connectivity index (χ0) is 31.1. The molecule has 1 aromatic carbocycles. The van der Waals surface area contributed by atoms with Gasteiger partial charge in [-0.3, -0.25) is 28.8 Å². The number of hydrogen-bond donors (Lipinski definition) is 6. The Bertz CT molecular complexity index is 1180. The van der Waals surface area contributed by atoms with Gasteiger partial charge < -0.3 is 36.4 Å². The Hall–Kier alpha value is -4.16. The normalized spacial score (nSPS) is 26.1. The van der Waals surface area contributed by atoms with E-state index >= 15 is 0 Å². The van der Waals surface area contributed by atoms with Gasteiger partial charge in [0.2, 0.25) is 29.5 Å². The summed E-state index contributed by atoms with van der Waals surface area (Å²) in [6.07, 6.45) is 0.235.